The van der Waals surface area contributed by atoms with E-state index >= 15 is 0 Å². The van der Waals surface area contributed by atoms with E-state index in [1.165, 1.54) is 27.7 Å². The third-order valence-corrected chi connectivity index (χ3v) is 5.73. The molecule has 27 heavy (non-hydrogen) atoms. The van der Waals surface area contributed by atoms with Crippen LogP contribution >= 0.6 is 27.5 Å². The van der Waals surface area contributed by atoms with E-state index in [1.807, 2.05) is 6.07 Å². The molecule has 0 fully saturated rings. The van der Waals surface area contributed by atoms with Crippen molar-refractivity contribution >= 4 is 38.4 Å². The summed E-state index contributed by atoms with van der Waals surface area (Å²) in [6.45, 7) is 0. The maximum absolute atomic E-state index is 6.28. The summed E-state index contributed by atoms with van der Waals surface area (Å²) in [4.78, 5) is 0. The van der Waals surface area contributed by atoms with Gasteiger partial charge in [-0.2, -0.15) is 0 Å². The van der Waals surface area contributed by atoms with E-state index in [0.29, 0.717) is 0 Å². The molecule has 136 valence electrons. The summed E-state index contributed by atoms with van der Waals surface area (Å²) in [6.07, 6.45) is 2.12. The lowest BCUT2D eigenvalue weighted by Crippen LogP contribution is -2.15. The van der Waals surface area contributed by atoms with Crippen LogP contribution in [0.3, 0.4) is 0 Å². The highest BCUT2D eigenvalue weighted by molar-refractivity contribution is 9.09. The molecule has 4 rings (SSSR count). The topological polar surface area (TPSA) is 4.93 Å². The van der Waals surface area contributed by atoms with Gasteiger partial charge in [-0.15, -0.1) is 0 Å². The number of benzene rings is 3. The number of alkyl halides is 1. The zero-order valence-corrected chi connectivity index (χ0v) is 17.3. The van der Waals surface area contributed by atoms with Gasteiger partial charge in [0.25, 0.3) is 0 Å². The molecule has 3 aromatic carbocycles. The standard InChI is InChI=1S/C24H21BrClN/c25-15-7-12-22-17-20-16-21(26)13-14-23(20)27(22)24(18-8-3-1-4-9-18)19-10-5-2-6-11-19/h1-6,8-11,13-14,16-17,24H,7,12,15H2. The van der Waals surface area contributed by atoms with Crippen molar-refractivity contribution in [3.05, 3.63) is 107 Å². The molecule has 0 aliphatic carbocycles. The fourth-order valence-electron chi connectivity index (χ4n) is 3.77. The monoisotopic (exact) mass is 437 g/mol. The van der Waals surface area contributed by atoms with Crippen LogP contribution in [0.15, 0.2) is 84.9 Å². The first-order valence-electron chi connectivity index (χ1n) is 9.23. The van der Waals surface area contributed by atoms with Crippen LogP contribution in [-0.2, 0) is 6.42 Å². The van der Waals surface area contributed by atoms with Crippen LogP contribution in [0.4, 0.5) is 0 Å². The lowest BCUT2D eigenvalue weighted by atomic mass is 9.97. The van der Waals surface area contributed by atoms with Gasteiger partial charge < -0.3 is 4.57 Å². The lowest BCUT2D eigenvalue weighted by Gasteiger charge is -2.24. The van der Waals surface area contributed by atoms with Crippen LogP contribution in [-0.4, -0.2) is 9.90 Å². The molecule has 3 heteroatoms. The minimum absolute atomic E-state index is 0.136. The van der Waals surface area contributed by atoms with Gasteiger partial charge in [0.15, 0.2) is 0 Å². The summed E-state index contributed by atoms with van der Waals surface area (Å²) >= 11 is 9.86. The van der Waals surface area contributed by atoms with E-state index < -0.39 is 0 Å². The number of fused-ring (bicyclic) bond motifs is 1. The van der Waals surface area contributed by atoms with Gasteiger partial charge in [-0.3, -0.25) is 0 Å². The zero-order chi connectivity index (χ0) is 18.6. The van der Waals surface area contributed by atoms with Gasteiger partial charge in [0.1, 0.15) is 0 Å². The summed E-state index contributed by atoms with van der Waals surface area (Å²) < 4.78 is 2.49. The van der Waals surface area contributed by atoms with E-state index in [9.17, 15) is 0 Å². The quantitative estimate of drug-likeness (QED) is 0.279. The molecule has 0 radical (unpaired) electrons. The van der Waals surface area contributed by atoms with Gasteiger partial charge >= 0.3 is 0 Å². The Labute approximate surface area is 173 Å². The molecule has 0 atom stereocenters. The minimum Gasteiger partial charge on any atom is -0.333 e. The Hall–Kier alpha value is -2.03. The summed E-state index contributed by atoms with van der Waals surface area (Å²) in [6, 6.07) is 30.1. The fraction of sp³-hybridized carbons (Fsp3) is 0.167. The third-order valence-electron chi connectivity index (χ3n) is 4.94. The lowest BCUT2D eigenvalue weighted by molar-refractivity contribution is 0.659. The fourth-order valence-corrected chi connectivity index (χ4v) is 4.23. The molecule has 0 aliphatic heterocycles. The average Bonchev–Trinajstić information content (AvgIpc) is 3.05. The van der Waals surface area contributed by atoms with Gasteiger partial charge in [-0.05, 0) is 48.2 Å². The number of hydrogen-bond acceptors (Lipinski definition) is 0. The molecule has 0 unspecified atom stereocenters. The van der Waals surface area contributed by atoms with Crippen molar-refractivity contribution in [3.63, 3.8) is 0 Å². The maximum atomic E-state index is 6.28. The summed E-state index contributed by atoms with van der Waals surface area (Å²) in [5.74, 6) is 0. The number of halogens is 2. The highest BCUT2D eigenvalue weighted by Crippen LogP contribution is 2.34. The van der Waals surface area contributed by atoms with Crippen LogP contribution < -0.4 is 0 Å². The second-order valence-electron chi connectivity index (χ2n) is 6.73. The van der Waals surface area contributed by atoms with Crippen LogP contribution in [0, 0.1) is 0 Å². The predicted molar refractivity (Wildman–Crippen MR) is 119 cm³/mol. The molecule has 1 aromatic heterocycles. The summed E-state index contributed by atoms with van der Waals surface area (Å²) in [5, 5.41) is 2.97. The van der Waals surface area contributed by atoms with E-state index in [4.69, 9.17) is 11.6 Å². The van der Waals surface area contributed by atoms with Crippen molar-refractivity contribution in [1.29, 1.82) is 0 Å². The second-order valence-corrected chi connectivity index (χ2v) is 7.95. The van der Waals surface area contributed by atoms with Crippen molar-refractivity contribution in [2.75, 3.05) is 5.33 Å². The molecule has 0 saturated carbocycles. The normalized spacial score (nSPS) is 11.4. The van der Waals surface area contributed by atoms with Crippen molar-refractivity contribution in [3.8, 4) is 0 Å². The van der Waals surface area contributed by atoms with E-state index in [1.54, 1.807) is 0 Å². The first kappa shape index (κ1) is 18.3. The highest BCUT2D eigenvalue weighted by atomic mass is 79.9. The maximum Gasteiger partial charge on any atom is 0.0841 e. The van der Waals surface area contributed by atoms with Gasteiger partial charge in [0, 0.05) is 26.9 Å². The molecule has 1 nitrogen and oxygen atoms in total. The zero-order valence-electron chi connectivity index (χ0n) is 15.0. The van der Waals surface area contributed by atoms with Crippen molar-refractivity contribution in [1.82, 2.24) is 4.57 Å². The van der Waals surface area contributed by atoms with Crippen LogP contribution in [0.2, 0.25) is 5.02 Å². The Morgan fingerprint density at radius 3 is 2.04 bits per heavy atom. The number of rotatable bonds is 6. The smallest absolute Gasteiger partial charge is 0.0841 e. The Balaban J connectivity index is 1.97. The summed E-state index contributed by atoms with van der Waals surface area (Å²) in [7, 11) is 0. The Morgan fingerprint density at radius 1 is 0.815 bits per heavy atom. The SMILES string of the molecule is Clc1ccc2c(c1)cc(CCCBr)n2C(c1ccccc1)c1ccccc1. The number of aromatic nitrogens is 1. The van der Waals surface area contributed by atoms with Crippen LogP contribution in [0.1, 0.15) is 29.3 Å². The second kappa shape index (κ2) is 8.33. The predicted octanol–water partition coefficient (Wildman–Crippen LogP) is 7.26. The molecule has 0 N–H and O–H groups in total. The summed E-state index contributed by atoms with van der Waals surface area (Å²) in [5.41, 5.74) is 5.14. The minimum atomic E-state index is 0.136. The average molecular weight is 439 g/mol. The highest BCUT2D eigenvalue weighted by Gasteiger charge is 2.21. The van der Waals surface area contributed by atoms with Crippen molar-refractivity contribution in [2.24, 2.45) is 0 Å². The largest absolute Gasteiger partial charge is 0.333 e. The van der Waals surface area contributed by atoms with Crippen molar-refractivity contribution < 1.29 is 0 Å². The van der Waals surface area contributed by atoms with Gasteiger partial charge in [-0.25, -0.2) is 0 Å². The van der Waals surface area contributed by atoms with Crippen molar-refractivity contribution in [2.45, 2.75) is 18.9 Å². The molecule has 0 spiro atoms. The van der Waals surface area contributed by atoms with Gasteiger partial charge in [0.2, 0.25) is 0 Å². The third kappa shape index (κ3) is 3.83. The Kier molecular flexibility index (Phi) is 5.66. The number of aryl methyl sites for hydroxylation is 1. The van der Waals surface area contributed by atoms with E-state index in [2.05, 4.69) is 99.4 Å². The van der Waals surface area contributed by atoms with Crippen LogP contribution in [0.5, 0.6) is 0 Å². The molecule has 0 bridgehead atoms. The number of hydrogen-bond donors (Lipinski definition) is 0. The molecule has 1 heterocycles. The molecule has 4 aromatic rings. The van der Waals surface area contributed by atoms with Crippen LogP contribution in [0.25, 0.3) is 10.9 Å². The Morgan fingerprint density at radius 2 is 1.44 bits per heavy atom. The van der Waals surface area contributed by atoms with Gasteiger partial charge in [-0.1, -0.05) is 88.2 Å². The van der Waals surface area contributed by atoms with Gasteiger partial charge in [0.05, 0.1) is 6.04 Å². The molecule has 0 amide bonds. The Bertz CT molecular complexity index is 985. The molecule has 0 saturated heterocycles. The first-order chi connectivity index (χ1) is 13.3. The number of nitrogens with zero attached hydrogens (tertiary/aromatic N) is 1. The molecular formula is C24H21BrClN. The first-order valence-corrected chi connectivity index (χ1v) is 10.7. The van der Waals surface area contributed by atoms with E-state index in [-0.39, 0.29) is 6.04 Å². The molecular weight excluding hydrogens is 418 g/mol. The van der Waals surface area contributed by atoms with E-state index in [0.717, 1.165) is 23.2 Å². The molecule has 0 aliphatic rings.